The summed E-state index contributed by atoms with van der Waals surface area (Å²) in [7, 11) is 0. The van der Waals surface area contributed by atoms with E-state index in [-0.39, 0.29) is 34.5 Å². The molecule has 0 saturated carbocycles. The van der Waals surface area contributed by atoms with Crippen molar-refractivity contribution in [2.24, 2.45) is 0 Å². The average Bonchev–Trinajstić information content (AvgIpc) is 3.14. The molecular weight excluding hydrogens is 404 g/mol. The minimum Gasteiger partial charge on any atom is -0.454 e. The Kier molecular flexibility index (Phi) is 4.39. The maximum Gasteiger partial charge on any atom is 0.323 e. The van der Waals surface area contributed by atoms with E-state index < -0.39 is 22.8 Å². The lowest BCUT2D eigenvalue weighted by Gasteiger charge is -2.11. The summed E-state index contributed by atoms with van der Waals surface area (Å²) in [5.74, 6) is -1.65. The zero-order chi connectivity index (χ0) is 21.5. The minimum atomic E-state index is -0.818. The Morgan fingerprint density at radius 1 is 0.903 bits per heavy atom. The normalized spacial score (nSPS) is 11.3. The van der Waals surface area contributed by atoms with Crippen LogP contribution in [0.2, 0.25) is 0 Å². The highest BCUT2D eigenvalue weighted by molar-refractivity contribution is 6.00. The fourth-order valence-electron chi connectivity index (χ4n) is 3.53. The number of halogens is 2. The highest BCUT2D eigenvalue weighted by Gasteiger charge is 2.16. The van der Waals surface area contributed by atoms with E-state index in [0.717, 1.165) is 17.7 Å². The van der Waals surface area contributed by atoms with E-state index in [1.807, 2.05) is 30.3 Å². The highest BCUT2D eigenvalue weighted by Crippen LogP contribution is 2.30. The number of hydrogen-bond donors (Lipinski definition) is 3. The summed E-state index contributed by atoms with van der Waals surface area (Å²) in [5, 5.41) is 3.00. The van der Waals surface area contributed by atoms with E-state index in [1.54, 1.807) is 6.07 Å². The zero-order valence-corrected chi connectivity index (χ0v) is 16.0. The molecule has 0 aliphatic heterocycles. The molecule has 0 spiro atoms. The molecule has 5 aromatic rings. The van der Waals surface area contributed by atoms with Crippen molar-refractivity contribution in [1.82, 2.24) is 9.97 Å². The SMILES string of the molecule is O=c1[nH]c2ccc3c(=O)cc(-c4cc(F)c(NCc5ccccc5)c(F)c4)oc3c2[nH]1. The smallest absolute Gasteiger partial charge is 0.323 e. The third-order valence-electron chi connectivity index (χ3n) is 5.02. The summed E-state index contributed by atoms with van der Waals surface area (Å²) in [5.41, 5.74) is 0.705. The Labute approximate surface area is 173 Å². The molecule has 0 radical (unpaired) electrons. The van der Waals surface area contributed by atoms with Gasteiger partial charge in [-0.1, -0.05) is 30.3 Å². The van der Waals surface area contributed by atoms with Crippen LogP contribution in [0.15, 0.2) is 74.7 Å². The second-order valence-electron chi connectivity index (χ2n) is 7.07. The van der Waals surface area contributed by atoms with E-state index in [1.165, 1.54) is 12.1 Å². The van der Waals surface area contributed by atoms with Crippen LogP contribution in [-0.4, -0.2) is 9.97 Å². The van der Waals surface area contributed by atoms with E-state index >= 15 is 0 Å². The number of imidazole rings is 1. The molecule has 3 N–H and O–H groups in total. The van der Waals surface area contributed by atoms with Gasteiger partial charge in [-0.25, -0.2) is 13.6 Å². The number of hydrogen-bond acceptors (Lipinski definition) is 4. The fraction of sp³-hybridized carbons (Fsp3) is 0.0435. The molecule has 0 saturated heterocycles. The summed E-state index contributed by atoms with van der Waals surface area (Å²) >= 11 is 0. The zero-order valence-electron chi connectivity index (χ0n) is 16.0. The van der Waals surface area contributed by atoms with Crippen molar-refractivity contribution in [3.63, 3.8) is 0 Å². The lowest BCUT2D eigenvalue weighted by molar-refractivity contribution is 0.583. The molecule has 6 nitrogen and oxygen atoms in total. The summed E-state index contributed by atoms with van der Waals surface area (Å²) < 4.78 is 35.2. The molecule has 0 amide bonds. The number of anilines is 1. The van der Waals surface area contributed by atoms with Crippen molar-refractivity contribution in [1.29, 1.82) is 0 Å². The van der Waals surface area contributed by atoms with Gasteiger partial charge in [0.2, 0.25) is 0 Å². The molecule has 3 aromatic carbocycles. The van der Waals surface area contributed by atoms with Gasteiger partial charge in [-0.2, -0.15) is 0 Å². The molecule has 31 heavy (non-hydrogen) atoms. The quantitative estimate of drug-likeness (QED) is 0.400. The van der Waals surface area contributed by atoms with Crippen molar-refractivity contribution >= 4 is 27.7 Å². The third-order valence-corrected chi connectivity index (χ3v) is 5.02. The van der Waals surface area contributed by atoms with E-state index in [4.69, 9.17) is 4.42 Å². The second kappa shape index (κ2) is 7.24. The monoisotopic (exact) mass is 419 g/mol. The number of nitrogens with one attached hydrogen (secondary N) is 3. The maximum absolute atomic E-state index is 14.7. The van der Waals surface area contributed by atoms with Crippen molar-refractivity contribution in [2.45, 2.75) is 6.54 Å². The summed E-state index contributed by atoms with van der Waals surface area (Å²) in [6.45, 7) is 0.248. The van der Waals surface area contributed by atoms with Gasteiger partial charge in [-0.15, -0.1) is 0 Å². The van der Waals surface area contributed by atoms with Crippen LogP contribution in [0.1, 0.15) is 5.56 Å². The van der Waals surface area contributed by atoms with Gasteiger partial charge in [-0.3, -0.25) is 4.79 Å². The standard InChI is InChI=1S/C23H15F2N3O3/c24-15-8-13(9-16(25)20(15)26-11-12-4-2-1-3-5-12)19-10-18(29)14-6-7-17-21(22(14)31-19)28-23(30)27-17/h1-10,26H,11H2,(H2,27,28,30). The number of rotatable bonds is 4. The van der Waals surface area contributed by atoms with E-state index in [0.29, 0.717) is 11.0 Å². The fourth-order valence-corrected chi connectivity index (χ4v) is 3.53. The molecule has 2 heterocycles. The summed E-state index contributed by atoms with van der Waals surface area (Å²) in [6.07, 6.45) is 0. The number of benzene rings is 3. The van der Waals surface area contributed by atoms with Crippen LogP contribution < -0.4 is 16.4 Å². The number of H-pyrrole nitrogens is 2. The van der Waals surface area contributed by atoms with Gasteiger partial charge in [0.05, 0.1) is 10.9 Å². The van der Waals surface area contributed by atoms with Crippen LogP contribution in [-0.2, 0) is 6.54 Å². The summed E-state index contributed by atoms with van der Waals surface area (Å²) in [6, 6.07) is 15.7. The highest BCUT2D eigenvalue weighted by atomic mass is 19.1. The van der Waals surface area contributed by atoms with Crippen molar-refractivity contribution in [3.05, 3.63) is 98.6 Å². The Morgan fingerprint density at radius 3 is 2.39 bits per heavy atom. The van der Waals surface area contributed by atoms with Gasteiger partial charge in [0.25, 0.3) is 0 Å². The predicted molar refractivity (Wildman–Crippen MR) is 114 cm³/mol. The first-order valence-corrected chi connectivity index (χ1v) is 9.45. The topological polar surface area (TPSA) is 90.9 Å². The van der Waals surface area contributed by atoms with Gasteiger partial charge < -0.3 is 19.7 Å². The van der Waals surface area contributed by atoms with Gasteiger partial charge in [0, 0.05) is 18.2 Å². The first-order chi connectivity index (χ1) is 15.0. The molecule has 5 rings (SSSR count). The Bertz CT molecular complexity index is 1530. The third kappa shape index (κ3) is 3.38. The molecule has 0 aliphatic rings. The average molecular weight is 419 g/mol. The predicted octanol–water partition coefficient (Wildman–Crippen LogP) is 4.52. The molecular formula is C23H15F2N3O3. The van der Waals surface area contributed by atoms with Crippen molar-refractivity contribution in [2.75, 3.05) is 5.32 Å². The maximum atomic E-state index is 14.7. The first-order valence-electron chi connectivity index (χ1n) is 9.45. The number of aromatic nitrogens is 2. The number of fused-ring (bicyclic) bond motifs is 3. The Morgan fingerprint density at radius 2 is 1.65 bits per heavy atom. The van der Waals surface area contributed by atoms with E-state index in [2.05, 4.69) is 15.3 Å². The van der Waals surface area contributed by atoms with Crippen LogP contribution in [0.3, 0.4) is 0 Å². The molecule has 154 valence electrons. The van der Waals surface area contributed by atoms with Crippen molar-refractivity contribution < 1.29 is 13.2 Å². The van der Waals surface area contributed by atoms with Crippen LogP contribution in [0, 0.1) is 11.6 Å². The van der Waals surface area contributed by atoms with Crippen LogP contribution >= 0.6 is 0 Å². The lowest BCUT2D eigenvalue weighted by atomic mass is 10.1. The van der Waals surface area contributed by atoms with Crippen molar-refractivity contribution in [3.8, 4) is 11.3 Å². The van der Waals surface area contributed by atoms with Gasteiger partial charge >= 0.3 is 5.69 Å². The molecule has 0 unspecified atom stereocenters. The molecule has 0 bridgehead atoms. The lowest BCUT2D eigenvalue weighted by Crippen LogP contribution is -2.05. The van der Waals surface area contributed by atoms with Gasteiger partial charge in [0.15, 0.2) is 11.0 Å². The van der Waals surface area contributed by atoms with Crippen LogP contribution in [0.5, 0.6) is 0 Å². The second-order valence-corrected chi connectivity index (χ2v) is 7.07. The van der Waals surface area contributed by atoms with Crippen LogP contribution in [0.25, 0.3) is 33.3 Å². The van der Waals surface area contributed by atoms with Gasteiger partial charge in [-0.05, 0) is 29.8 Å². The van der Waals surface area contributed by atoms with Gasteiger partial charge in [0.1, 0.15) is 28.6 Å². The first kappa shape index (κ1) is 18.8. The molecule has 0 aliphatic carbocycles. The molecule has 2 aromatic heterocycles. The molecule has 0 fully saturated rings. The van der Waals surface area contributed by atoms with E-state index in [9.17, 15) is 18.4 Å². The number of aromatic amines is 2. The Hall–Kier alpha value is -4.20. The Balaban J connectivity index is 1.57. The van der Waals surface area contributed by atoms with Crippen LogP contribution in [0.4, 0.5) is 14.5 Å². The molecule has 8 heteroatoms. The summed E-state index contributed by atoms with van der Waals surface area (Å²) in [4.78, 5) is 29.3. The molecule has 0 atom stereocenters. The minimum absolute atomic E-state index is 0.0144. The largest absolute Gasteiger partial charge is 0.454 e.